The summed E-state index contributed by atoms with van der Waals surface area (Å²) in [7, 11) is 0. The fraction of sp³-hybridized carbons (Fsp3) is 0.125. The Morgan fingerprint density at radius 1 is 1.45 bits per heavy atom. The first-order chi connectivity index (χ1) is 10.6. The van der Waals surface area contributed by atoms with Gasteiger partial charge in [0.05, 0.1) is 0 Å². The standard InChI is InChI=1S/C16H15N3O3/c1-12(19(21)16(17)20)4-6-14-8-9-15(22-14)7-5-13-3-2-10-18-11-13/h2-3,5,7-12,21H,1H3,(H2,17,20). The van der Waals surface area contributed by atoms with E-state index in [2.05, 4.69) is 16.8 Å². The maximum Gasteiger partial charge on any atom is 0.339 e. The van der Waals surface area contributed by atoms with E-state index in [9.17, 15) is 10.0 Å². The molecule has 22 heavy (non-hydrogen) atoms. The predicted octanol–water partition coefficient (Wildman–Crippen LogP) is 2.35. The van der Waals surface area contributed by atoms with Crippen LogP contribution in [0.4, 0.5) is 4.79 Å². The van der Waals surface area contributed by atoms with Crippen molar-refractivity contribution >= 4 is 18.2 Å². The Kier molecular flexibility index (Phi) is 4.96. The number of nitrogens with two attached hydrogens (primary N) is 1. The summed E-state index contributed by atoms with van der Waals surface area (Å²) in [5.74, 6) is 6.45. The minimum Gasteiger partial charge on any atom is -0.448 e. The number of carbonyl (C=O) groups is 1. The minimum absolute atomic E-state index is 0.360. The van der Waals surface area contributed by atoms with Crippen molar-refractivity contribution in [1.82, 2.24) is 10.0 Å². The van der Waals surface area contributed by atoms with Gasteiger partial charge in [-0.15, -0.1) is 0 Å². The van der Waals surface area contributed by atoms with Gasteiger partial charge in [-0.25, -0.2) is 4.79 Å². The lowest BCUT2D eigenvalue weighted by Crippen LogP contribution is -2.38. The molecule has 0 bridgehead atoms. The first-order valence-electron chi connectivity index (χ1n) is 6.53. The summed E-state index contributed by atoms with van der Waals surface area (Å²) in [6, 6.07) is 5.56. The van der Waals surface area contributed by atoms with Crippen LogP contribution in [-0.4, -0.2) is 27.3 Å². The first kappa shape index (κ1) is 15.4. The van der Waals surface area contributed by atoms with E-state index in [0.717, 1.165) is 5.56 Å². The highest BCUT2D eigenvalue weighted by molar-refractivity contribution is 5.71. The van der Waals surface area contributed by atoms with Crippen LogP contribution in [0.15, 0.2) is 41.1 Å². The Bertz CT molecular complexity index is 726. The van der Waals surface area contributed by atoms with Crippen LogP contribution >= 0.6 is 0 Å². The van der Waals surface area contributed by atoms with E-state index in [1.54, 1.807) is 37.5 Å². The molecule has 0 saturated carbocycles. The molecule has 0 aliphatic rings. The largest absolute Gasteiger partial charge is 0.448 e. The molecule has 0 fully saturated rings. The molecule has 0 aliphatic carbocycles. The Balaban J connectivity index is 2.03. The molecule has 2 aromatic heterocycles. The van der Waals surface area contributed by atoms with Crippen molar-refractivity contribution in [3.05, 3.63) is 53.7 Å². The Morgan fingerprint density at radius 3 is 2.95 bits per heavy atom. The van der Waals surface area contributed by atoms with Crippen LogP contribution in [0.1, 0.15) is 24.0 Å². The average Bonchev–Trinajstić information content (AvgIpc) is 2.98. The van der Waals surface area contributed by atoms with Gasteiger partial charge in [0, 0.05) is 12.4 Å². The van der Waals surface area contributed by atoms with Crippen LogP contribution < -0.4 is 5.73 Å². The number of urea groups is 1. The monoisotopic (exact) mass is 297 g/mol. The van der Waals surface area contributed by atoms with Gasteiger partial charge in [-0.2, -0.15) is 5.06 Å². The van der Waals surface area contributed by atoms with E-state index in [1.165, 1.54) is 0 Å². The van der Waals surface area contributed by atoms with Crippen molar-refractivity contribution in [2.24, 2.45) is 5.73 Å². The number of furan rings is 1. The SMILES string of the molecule is CC(C#Cc1ccc(C=Cc2cccnc2)o1)N(O)C(N)=O. The minimum atomic E-state index is -0.957. The van der Waals surface area contributed by atoms with Crippen LogP contribution in [0.2, 0.25) is 0 Å². The summed E-state index contributed by atoms with van der Waals surface area (Å²) in [4.78, 5) is 14.8. The number of hydrogen-bond donors (Lipinski definition) is 2. The third-order valence-electron chi connectivity index (χ3n) is 2.75. The maximum atomic E-state index is 10.8. The second-order valence-corrected chi connectivity index (χ2v) is 4.45. The highest BCUT2D eigenvalue weighted by atomic mass is 16.5. The van der Waals surface area contributed by atoms with Crippen molar-refractivity contribution < 1.29 is 14.4 Å². The third-order valence-corrected chi connectivity index (χ3v) is 2.75. The van der Waals surface area contributed by atoms with Crippen molar-refractivity contribution in [2.75, 3.05) is 0 Å². The lowest BCUT2D eigenvalue weighted by atomic mass is 10.2. The number of hydrogen-bond acceptors (Lipinski definition) is 4. The van der Waals surface area contributed by atoms with Gasteiger partial charge in [0.15, 0.2) is 5.76 Å². The van der Waals surface area contributed by atoms with Gasteiger partial charge in [0.1, 0.15) is 11.8 Å². The number of carbonyl (C=O) groups excluding carboxylic acids is 1. The molecule has 6 heteroatoms. The second kappa shape index (κ2) is 7.11. The van der Waals surface area contributed by atoms with Gasteiger partial charge in [-0.1, -0.05) is 12.0 Å². The van der Waals surface area contributed by atoms with Crippen molar-refractivity contribution in [1.29, 1.82) is 0 Å². The smallest absolute Gasteiger partial charge is 0.339 e. The first-order valence-corrected chi connectivity index (χ1v) is 6.53. The van der Waals surface area contributed by atoms with Crippen molar-refractivity contribution in [2.45, 2.75) is 13.0 Å². The number of amides is 2. The van der Waals surface area contributed by atoms with E-state index < -0.39 is 12.1 Å². The predicted molar refractivity (Wildman–Crippen MR) is 81.4 cm³/mol. The van der Waals surface area contributed by atoms with Crippen molar-refractivity contribution in [3.63, 3.8) is 0 Å². The fourth-order valence-corrected chi connectivity index (χ4v) is 1.59. The molecular formula is C16H15N3O3. The number of hydroxylamine groups is 2. The topological polar surface area (TPSA) is 92.6 Å². The Morgan fingerprint density at radius 2 is 2.27 bits per heavy atom. The molecule has 0 spiro atoms. The zero-order valence-corrected chi connectivity index (χ0v) is 11.9. The second-order valence-electron chi connectivity index (χ2n) is 4.45. The summed E-state index contributed by atoms with van der Waals surface area (Å²) >= 11 is 0. The molecule has 2 aromatic rings. The van der Waals surface area contributed by atoms with Gasteiger partial charge in [0.2, 0.25) is 0 Å². The quantitative estimate of drug-likeness (QED) is 0.516. The molecule has 0 aliphatic heterocycles. The van der Waals surface area contributed by atoms with Crippen LogP contribution in [0.5, 0.6) is 0 Å². The van der Waals surface area contributed by atoms with Gasteiger partial charge in [0.25, 0.3) is 0 Å². The molecule has 0 radical (unpaired) electrons. The average molecular weight is 297 g/mol. The Hall–Kier alpha value is -3.04. The molecule has 2 heterocycles. The molecule has 3 N–H and O–H groups in total. The summed E-state index contributed by atoms with van der Waals surface area (Å²) in [6.07, 6.45) is 7.11. The zero-order valence-electron chi connectivity index (χ0n) is 11.9. The molecule has 1 atom stereocenters. The molecule has 0 saturated heterocycles. The number of rotatable bonds is 3. The normalized spacial score (nSPS) is 11.7. The van der Waals surface area contributed by atoms with E-state index >= 15 is 0 Å². The Labute approximate surface area is 127 Å². The van der Waals surface area contributed by atoms with E-state index in [-0.39, 0.29) is 0 Å². The van der Waals surface area contributed by atoms with E-state index in [1.807, 2.05) is 18.2 Å². The number of nitrogens with zero attached hydrogens (tertiary/aromatic N) is 2. The van der Waals surface area contributed by atoms with Crippen molar-refractivity contribution in [3.8, 4) is 11.8 Å². The van der Waals surface area contributed by atoms with Crippen LogP contribution in [-0.2, 0) is 0 Å². The van der Waals surface area contributed by atoms with Crippen LogP contribution in [0, 0.1) is 11.8 Å². The highest BCUT2D eigenvalue weighted by Gasteiger charge is 2.11. The molecule has 0 aromatic carbocycles. The highest BCUT2D eigenvalue weighted by Crippen LogP contribution is 2.11. The van der Waals surface area contributed by atoms with Gasteiger partial charge in [-0.3, -0.25) is 10.2 Å². The fourth-order valence-electron chi connectivity index (χ4n) is 1.59. The van der Waals surface area contributed by atoms with Gasteiger partial charge >= 0.3 is 6.03 Å². The lowest BCUT2D eigenvalue weighted by Gasteiger charge is -2.14. The van der Waals surface area contributed by atoms with Crippen LogP contribution in [0.3, 0.4) is 0 Å². The van der Waals surface area contributed by atoms with Gasteiger partial charge in [-0.05, 0) is 48.8 Å². The summed E-state index contributed by atoms with van der Waals surface area (Å²) in [6.45, 7) is 1.55. The number of pyridine rings is 1. The van der Waals surface area contributed by atoms with E-state index in [4.69, 9.17) is 10.2 Å². The zero-order chi connectivity index (χ0) is 15.9. The lowest BCUT2D eigenvalue weighted by molar-refractivity contribution is -0.0536. The molecule has 2 amide bonds. The van der Waals surface area contributed by atoms with Gasteiger partial charge < -0.3 is 10.2 Å². The molecular weight excluding hydrogens is 282 g/mol. The van der Waals surface area contributed by atoms with E-state index in [0.29, 0.717) is 16.6 Å². The molecule has 1 unspecified atom stereocenters. The summed E-state index contributed by atoms with van der Waals surface area (Å²) in [5, 5.41) is 9.66. The molecule has 2 rings (SSSR count). The molecule has 112 valence electrons. The maximum absolute atomic E-state index is 10.8. The number of aromatic nitrogens is 1. The summed E-state index contributed by atoms with van der Waals surface area (Å²) < 4.78 is 5.50. The molecule has 6 nitrogen and oxygen atoms in total. The van der Waals surface area contributed by atoms with Crippen LogP contribution in [0.25, 0.3) is 12.2 Å². The number of primary amides is 1. The third kappa shape index (κ3) is 4.23. The summed E-state index contributed by atoms with van der Waals surface area (Å²) in [5.41, 5.74) is 5.89.